The van der Waals surface area contributed by atoms with Crippen LogP contribution in [-0.4, -0.2) is 41.6 Å². The molecule has 0 fully saturated rings. The molecule has 0 aliphatic rings. The van der Waals surface area contributed by atoms with Crippen LogP contribution in [-0.2, 0) is 13.3 Å². The number of hydrogen-bond donors (Lipinski definition) is 0. The van der Waals surface area contributed by atoms with Crippen LogP contribution in [0.5, 0.6) is 0 Å². The highest BCUT2D eigenvalue weighted by Gasteiger charge is 2.36. The summed E-state index contributed by atoms with van der Waals surface area (Å²) in [6.07, 6.45) is 13.8. The van der Waals surface area contributed by atoms with Crippen molar-refractivity contribution in [2.24, 2.45) is 0 Å². The lowest BCUT2D eigenvalue weighted by Crippen LogP contribution is -2.42. The van der Waals surface area contributed by atoms with E-state index in [1.54, 1.807) is 21.3 Å². The van der Waals surface area contributed by atoms with Crippen molar-refractivity contribution in [3.8, 4) is 0 Å². The molecule has 0 aliphatic heterocycles. The second kappa shape index (κ2) is 16.3. The van der Waals surface area contributed by atoms with E-state index in [1.807, 2.05) is 0 Å². The van der Waals surface area contributed by atoms with Crippen LogP contribution in [0.15, 0.2) is 0 Å². The first kappa shape index (κ1) is 22.4. The van der Waals surface area contributed by atoms with Crippen LogP contribution in [0, 0.1) is 0 Å². The highest BCUT2D eigenvalue weighted by Crippen LogP contribution is 2.18. The minimum absolute atomic E-state index is 0.918. The zero-order chi connectivity index (χ0) is 16.5. The summed E-state index contributed by atoms with van der Waals surface area (Å²) in [5.41, 5.74) is 0. The van der Waals surface area contributed by atoms with Gasteiger partial charge in [-0.25, -0.2) is 0 Å². The van der Waals surface area contributed by atoms with Gasteiger partial charge in [0.25, 0.3) is 0 Å². The molecule has 0 unspecified atom stereocenters. The molecule has 5 heteroatoms. The minimum Gasteiger partial charge on any atom is -0.377 e. The molecule has 0 aromatic carbocycles. The standard InChI is InChI=1S/C17H38O3SSi/c1-5-6-7-8-9-10-11-12-13-15-21-16-14-17-22(18-2,19-3)20-4/h5-17H2,1-4H3. The Morgan fingerprint density at radius 1 is 0.636 bits per heavy atom. The second-order valence-electron chi connectivity index (χ2n) is 5.84. The van der Waals surface area contributed by atoms with Gasteiger partial charge in [-0.2, -0.15) is 11.8 Å². The lowest BCUT2D eigenvalue weighted by Gasteiger charge is -2.24. The third-order valence-electron chi connectivity index (χ3n) is 4.10. The van der Waals surface area contributed by atoms with Crippen molar-refractivity contribution in [2.75, 3.05) is 32.8 Å². The first-order valence-corrected chi connectivity index (χ1v) is 12.1. The summed E-state index contributed by atoms with van der Waals surface area (Å²) in [4.78, 5) is 0. The fraction of sp³-hybridized carbons (Fsp3) is 1.00. The van der Waals surface area contributed by atoms with Gasteiger partial charge in [-0.3, -0.25) is 0 Å². The first-order chi connectivity index (χ1) is 10.7. The second-order valence-corrected chi connectivity index (χ2v) is 10.2. The van der Waals surface area contributed by atoms with Crippen molar-refractivity contribution >= 4 is 20.6 Å². The van der Waals surface area contributed by atoms with E-state index in [0.29, 0.717) is 0 Å². The predicted octanol–water partition coefficient (Wildman–Crippen LogP) is 5.52. The fourth-order valence-electron chi connectivity index (χ4n) is 2.56. The molecule has 0 heterocycles. The molecule has 134 valence electrons. The number of rotatable bonds is 17. The number of unbranched alkanes of at least 4 members (excludes halogenated alkanes) is 8. The van der Waals surface area contributed by atoms with E-state index in [0.717, 1.165) is 12.5 Å². The summed E-state index contributed by atoms with van der Waals surface area (Å²) in [5.74, 6) is 2.47. The summed E-state index contributed by atoms with van der Waals surface area (Å²) in [7, 11) is 2.74. The van der Waals surface area contributed by atoms with Gasteiger partial charge in [-0.1, -0.05) is 58.3 Å². The van der Waals surface area contributed by atoms with E-state index in [1.165, 1.54) is 69.3 Å². The summed E-state index contributed by atoms with van der Waals surface area (Å²) in [5, 5.41) is 0. The Bertz CT molecular complexity index is 218. The molecule has 0 N–H and O–H groups in total. The molecule has 0 bridgehead atoms. The average molecular weight is 351 g/mol. The molecular weight excluding hydrogens is 312 g/mol. The Morgan fingerprint density at radius 2 is 1.09 bits per heavy atom. The largest absolute Gasteiger partial charge is 0.500 e. The Hall–Kier alpha value is 0.447. The van der Waals surface area contributed by atoms with E-state index >= 15 is 0 Å². The molecule has 0 atom stereocenters. The van der Waals surface area contributed by atoms with E-state index in [-0.39, 0.29) is 0 Å². The quantitative estimate of drug-likeness (QED) is 0.255. The summed E-state index contributed by atoms with van der Waals surface area (Å²) >= 11 is 2.06. The highest BCUT2D eigenvalue weighted by molar-refractivity contribution is 7.99. The lowest BCUT2D eigenvalue weighted by atomic mass is 10.1. The Balaban J connectivity index is 3.27. The maximum absolute atomic E-state index is 5.43. The van der Waals surface area contributed by atoms with Crippen LogP contribution in [0.25, 0.3) is 0 Å². The normalized spacial score (nSPS) is 12.0. The lowest BCUT2D eigenvalue weighted by molar-refractivity contribution is 0.123. The van der Waals surface area contributed by atoms with Gasteiger partial charge >= 0.3 is 8.80 Å². The van der Waals surface area contributed by atoms with Crippen molar-refractivity contribution in [2.45, 2.75) is 77.2 Å². The molecule has 0 aliphatic carbocycles. The number of thioether (sulfide) groups is 1. The van der Waals surface area contributed by atoms with Gasteiger partial charge in [-0.15, -0.1) is 0 Å². The fourth-order valence-corrected chi connectivity index (χ4v) is 5.50. The molecule has 0 aromatic heterocycles. The maximum Gasteiger partial charge on any atom is 0.500 e. The predicted molar refractivity (Wildman–Crippen MR) is 101 cm³/mol. The van der Waals surface area contributed by atoms with Crippen molar-refractivity contribution < 1.29 is 13.3 Å². The van der Waals surface area contributed by atoms with Gasteiger partial charge < -0.3 is 13.3 Å². The van der Waals surface area contributed by atoms with Gasteiger partial charge in [0.05, 0.1) is 0 Å². The first-order valence-electron chi connectivity index (χ1n) is 8.98. The molecule has 0 spiro atoms. The molecule has 0 rings (SSSR count). The van der Waals surface area contributed by atoms with E-state index < -0.39 is 8.80 Å². The van der Waals surface area contributed by atoms with Crippen molar-refractivity contribution in [1.29, 1.82) is 0 Å². The van der Waals surface area contributed by atoms with Crippen LogP contribution < -0.4 is 0 Å². The monoisotopic (exact) mass is 350 g/mol. The van der Waals surface area contributed by atoms with Crippen LogP contribution >= 0.6 is 11.8 Å². The molecular formula is C17H38O3SSi. The molecule has 0 amide bonds. The number of hydrogen-bond acceptors (Lipinski definition) is 4. The molecule has 0 saturated carbocycles. The summed E-state index contributed by atoms with van der Waals surface area (Å²) in [6, 6.07) is 0.918. The third-order valence-corrected chi connectivity index (χ3v) is 8.08. The highest BCUT2D eigenvalue weighted by atomic mass is 32.2. The molecule has 0 radical (unpaired) electrons. The minimum atomic E-state index is -2.33. The topological polar surface area (TPSA) is 27.7 Å². The summed E-state index contributed by atoms with van der Waals surface area (Å²) in [6.45, 7) is 2.28. The zero-order valence-corrected chi connectivity index (χ0v) is 17.1. The molecule has 3 nitrogen and oxygen atoms in total. The third kappa shape index (κ3) is 11.9. The Kier molecular flexibility index (Phi) is 16.6. The van der Waals surface area contributed by atoms with Crippen LogP contribution in [0.3, 0.4) is 0 Å². The Morgan fingerprint density at radius 3 is 1.59 bits per heavy atom. The average Bonchev–Trinajstić information content (AvgIpc) is 2.56. The smallest absolute Gasteiger partial charge is 0.377 e. The van der Waals surface area contributed by atoms with E-state index in [2.05, 4.69) is 18.7 Å². The molecule has 0 saturated heterocycles. The van der Waals surface area contributed by atoms with Crippen LogP contribution in [0.2, 0.25) is 6.04 Å². The van der Waals surface area contributed by atoms with Gasteiger partial charge in [0.1, 0.15) is 0 Å². The van der Waals surface area contributed by atoms with Gasteiger partial charge in [0.2, 0.25) is 0 Å². The van der Waals surface area contributed by atoms with Crippen molar-refractivity contribution in [3.63, 3.8) is 0 Å². The van der Waals surface area contributed by atoms with Gasteiger partial charge in [0.15, 0.2) is 0 Å². The Labute approximate surface area is 144 Å². The van der Waals surface area contributed by atoms with E-state index in [4.69, 9.17) is 13.3 Å². The molecule has 22 heavy (non-hydrogen) atoms. The van der Waals surface area contributed by atoms with Crippen LogP contribution in [0.4, 0.5) is 0 Å². The van der Waals surface area contributed by atoms with Gasteiger partial charge in [0, 0.05) is 27.4 Å². The molecule has 0 aromatic rings. The van der Waals surface area contributed by atoms with Crippen LogP contribution in [0.1, 0.15) is 71.1 Å². The van der Waals surface area contributed by atoms with Crippen molar-refractivity contribution in [3.05, 3.63) is 0 Å². The zero-order valence-electron chi connectivity index (χ0n) is 15.3. The van der Waals surface area contributed by atoms with E-state index in [9.17, 15) is 0 Å². The maximum atomic E-state index is 5.43. The summed E-state index contributed by atoms with van der Waals surface area (Å²) < 4.78 is 16.3. The van der Waals surface area contributed by atoms with Gasteiger partial charge in [-0.05, 0) is 24.3 Å². The van der Waals surface area contributed by atoms with Crippen molar-refractivity contribution in [1.82, 2.24) is 0 Å². The SMILES string of the molecule is CCCCCCCCCCCSCCC[Si](OC)(OC)OC.